The average Bonchev–Trinajstić information content (AvgIpc) is 3.20. The van der Waals surface area contributed by atoms with Crippen molar-refractivity contribution in [1.29, 1.82) is 0 Å². The van der Waals surface area contributed by atoms with E-state index in [1.165, 1.54) is 24.3 Å². The van der Waals surface area contributed by atoms with Crippen molar-refractivity contribution in [3.63, 3.8) is 0 Å². The van der Waals surface area contributed by atoms with Crippen molar-refractivity contribution in [1.82, 2.24) is 9.44 Å². The van der Waals surface area contributed by atoms with Gasteiger partial charge in [0.25, 0.3) is 0 Å². The predicted octanol–water partition coefficient (Wildman–Crippen LogP) is 2.74. The van der Waals surface area contributed by atoms with Crippen LogP contribution in [0.3, 0.4) is 0 Å². The Morgan fingerprint density at radius 1 is 0.641 bits per heavy atom. The number of sulfonamides is 2. The highest BCUT2D eigenvalue weighted by atomic mass is 32.2. The highest BCUT2D eigenvalue weighted by Crippen LogP contribution is 2.39. The molecule has 0 heterocycles. The second-order valence-electron chi connectivity index (χ2n) is 9.07. The molecule has 0 spiro atoms. The highest BCUT2D eigenvalue weighted by molar-refractivity contribution is 7.89. The Morgan fingerprint density at radius 2 is 1.05 bits per heavy atom. The summed E-state index contributed by atoms with van der Waals surface area (Å²) < 4.78 is 56.2. The first-order valence-corrected chi connectivity index (χ1v) is 15.4. The van der Waals surface area contributed by atoms with Crippen LogP contribution in [0, 0.1) is 0 Å². The Labute approximate surface area is 226 Å². The largest absolute Gasteiger partial charge is 0.481 e. The Balaban J connectivity index is 1.71. The number of carbonyl (C=O) groups is 2. The maximum atomic E-state index is 12.8. The third-order valence-corrected chi connectivity index (χ3v) is 9.14. The Bertz CT molecular complexity index is 1360. The molecule has 0 saturated heterocycles. The van der Waals surface area contributed by atoms with Crippen molar-refractivity contribution < 1.29 is 41.8 Å². The topological polar surface area (TPSA) is 200 Å². The van der Waals surface area contributed by atoms with Crippen LogP contribution in [0.25, 0.3) is 11.1 Å². The minimum absolute atomic E-state index is 0.0229. The van der Waals surface area contributed by atoms with Crippen LogP contribution >= 0.6 is 0 Å². The molecular weight excluding hydrogens is 550 g/mol. The number of unbranched alkanes of at least 4 members (excludes halogenated alkanes) is 4. The number of nitrogens with zero attached hydrogens (tertiary/aromatic N) is 1. The quantitative estimate of drug-likeness (QED) is 0.0958. The van der Waals surface area contributed by atoms with Crippen molar-refractivity contribution in [2.45, 2.75) is 61.2 Å². The maximum Gasteiger partial charge on any atom is 0.303 e. The third-order valence-electron chi connectivity index (χ3n) is 6.22. The molecule has 1 aliphatic rings. The van der Waals surface area contributed by atoms with Gasteiger partial charge in [0.2, 0.25) is 20.0 Å². The van der Waals surface area contributed by atoms with Gasteiger partial charge in [0.15, 0.2) is 0 Å². The fourth-order valence-electron chi connectivity index (χ4n) is 4.23. The molecule has 1 aliphatic carbocycles. The zero-order chi connectivity index (χ0) is 28.6. The number of carboxylic acids is 2. The molecule has 14 heteroatoms. The van der Waals surface area contributed by atoms with Crippen LogP contribution in [-0.2, 0) is 29.6 Å². The normalized spacial score (nSPS) is 12.7. The van der Waals surface area contributed by atoms with E-state index in [0.29, 0.717) is 60.8 Å². The Kier molecular flexibility index (Phi) is 10.2. The first kappa shape index (κ1) is 30.2. The Morgan fingerprint density at radius 3 is 1.41 bits per heavy atom. The summed E-state index contributed by atoms with van der Waals surface area (Å²) in [6.07, 6.45) is 3.00. The molecule has 2 aromatic rings. The molecule has 2 aromatic carbocycles. The van der Waals surface area contributed by atoms with Crippen LogP contribution in [0.2, 0.25) is 0 Å². The van der Waals surface area contributed by atoms with E-state index in [-0.39, 0.29) is 41.4 Å². The summed E-state index contributed by atoms with van der Waals surface area (Å²) in [5.74, 6) is -1.80. The first-order chi connectivity index (χ1) is 18.5. The van der Waals surface area contributed by atoms with E-state index >= 15 is 0 Å². The number of aliphatic carboxylic acids is 2. The molecule has 0 amide bonds. The Hall–Kier alpha value is -3.33. The van der Waals surface area contributed by atoms with Crippen LogP contribution in [-0.4, -0.2) is 63.0 Å². The second kappa shape index (κ2) is 13.2. The SMILES string of the molecule is O=C(O)CCCCCNS(=O)(=O)c1ccc2c(c1)C(=NO)c1cc(S(=O)(=O)NCCCCCC(=O)O)ccc1-2. The van der Waals surface area contributed by atoms with Crippen molar-refractivity contribution in [2.75, 3.05) is 13.1 Å². The van der Waals surface area contributed by atoms with E-state index in [2.05, 4.69) is 14.6 Å². The maximum absolute atomic E-state index is 12.8. The van der Waals surface area contributed by atoms with E-state index in [9.17, 15) is 31.6 Å². The zero-order valence-electron chi connectivity index (χ0n) is 21.1. The fourth-order valence-corrected chi connectivity index (χ4v) is 6.43. The first-order valence-electron chi connectivity index (χ1n) is 12.4. The summed E-state index contributed by atoms with van der Waals surface area (Å²) in [4.78, 5) is 21.0. The van der Waals surface area contributed by atoms with Gasteiger partial charge < -0.3 is 15.4 Å². The summed E-state index contributed by atoms with van der Waals surface area (Å²) in [6.45, 7) is 0.266. The molecule has 0 aliphatic heterocycles. The summed E-state index contributed by atoms with van der Waals surface area (Å²) in [6, 6.07) is 8.68. The molecular formula is C25H31N3O9S2. The van der Waals surface area contributed by atoms with Gasteiger partial charge >= 0.3 is 11.9 Å². The fraction of sp³-hybridized carbons (Fsp3) is 0.400. The van der Waals surface area contributed by atoms with Gasteiger partial charge in [-0.1, -0.05) is 30.1 Å². The molecule has 0 radical (unpaired) electrons. The van der Waals surface area contributed by atoms with Gasteiger partial charge in [0, 0.05) is 37.1 Å². The van der Waals surface area contributed by atoms with Crippen LogP contribution in [0.5, 0.6) is 0 Å². The molecule has 0 fully saturated rings. The van der Waals surface area contributed by atoms with Crippen LogP contribution < -0.4 is 9.44 Å². The van der Waals surface area contributed by atoms with E-state index in [4.69, 9.17) is 10.2 Å². The molecule has 3 rings (SSSR count). The molecule has 0 saturated carbocycles. The van der Waals surface area contributed by atoms with E-state index < -0.39 is 32.0 Å². The summed E-state index contributed by atoms with van der Waals surface area (Å²) >= 11 is 0. The molecule has 0 atom stereocenters. The van der Waals surface area contributed by atoms with Crippen molar-refractivity contribution in [3.8, 4) is 11.1 Å². The van der Waals surface area contributed by atoms with Gasteiger partial charge in [-0.3, -0.25) is 9.59 Å². The number of hydrogen-bond acceptors (Lipinski definition) is 8. The molecule has 5 N–H and O–H groups in total. The molecule has 0 aromatic heterocycles. The van der Waals surface area contributed by atoms with Gasteiger partial charge in [-0.25, -0.2) is 26.3 Å². The number of fused-ring (bicyclic) bond motifs is 3. The lowest BCUT2D eigenvalue weighted by Crippen LogP contribution is -2.25. The standard InChI is InChI=1S/C25H31N3O9S2/c29-23(30)7-3-1-5-13-26-38(34,35)17-9-11-19-20-12-10-18(16-22(20)25(28-33)21(19)15-17)39(36,37)27-14-6-2-4-8-24(31)32/h9-12,15-16,26-27,33H,1-8,13-14H2,(H,29,30)(H,31,32). The highest BCUT2D eigenvalue weighted by Gasteiger charge is 2.29. The smallest absolute Gasteiger partial charge is 0.303 e. The summed E-state index contributed by atoms with van der Waals surface area (Å²) in [7, 11) is -7.80. The number of nitrogens with one attached hydrogen (secondary N) is 2. The lowest BCUT2D eigenvalue weighted by Gasteiger charge is -2.09. The average molecular weight is 582 g/mol. The number of carboxylic acid groups (broad SMARTS) is 2. The summed E-state index contributed by atoms with van der Waals surface area (Å²) in [5, 5.41) is 30.4. The molecule has 12 nitrogen and oxygen atoms in total. The van der Waals surface area contributed by atoms with Gasteiger partial charge in [-0.2, -0.15) is 0 Å². The lowest BCUT2D eigenvalue weighted by molar-refractivity contribution is -0.138. The van der Waals surface area contributed by atoms with E-state index in [1.807, 2.05) is 0 Å². The third kappa shape index (κ3) is 7.85. The van der Waals surface area contributed by atoms with Gasteiger partial charge in [0.1, 0.15) is 5.71 Å². The number of oxime groups is 1. The van der Waals surface area contributed by atoms with Gasteiger partial charge in [-0.15, -0.1) is 0 Å². The minimum Gasteiger partial charge on any atom is -0.481 e. The van der Waals surface area contributed by atoms with Crippen molar-refractivity contribution >= 4 is 37.7 Å². The second-order valence-corrected chi connectivity index (χ2v) is 12.6. The van der Waals surface area contributed by atoms with Crippen molar-refractivity contribution in [2.24, 2.45) is 5.16 Å². The zero-order valence-corrected chi connectivity index (χ0v) is 22.7. The molecule has 0 bridgehead atoms. The summed E-state index contributed by atoms with van der Waals surface area (Å²) in [5.41, 5.74) is 1.87. The number of benzene rings is 2. The van der Waals surface area contributed by atoms with Gasteiger partial charge in [-0.05, 0) is 61.1 Å². The lowest BCUT2D eigenvalue weighted by atomic mass is 10.1. The molecule has 39 heavy (non-hydrogen) atoms. The van der Waals surface area contributed by atoms with E-state index in [1.54, 1.807) is 12.1 Å². The predicted molar refractivity (Wildman–Crippen MR) is 142 cm³/mol. The van der Waals surface area contributed by atoms with E-state index in [0.717, 1.165) is 0 Å². The minimum atomic E-state index is -3.90. The molecule has 0 unspecified atom stereocenters. The van der Waals surface area contributed by atoms with Crippen LogP contribution in [0.1, 0.15) is 62.5 Å². The van der Waals surface area contributed by atoms with Crippen molar-refractivity contribution in [3.05, 3.63) is 47.5 Å². The van der Waals surface area contributed by atoms with Gasteiger partial charge in [0.05, 0.1) is 9.79 Å². The van der Waals surface area contributed by atoms with Crippen LogP contribution in [0.15, 0.2) is 51.3 Å². The number of hydrogen-bond donors (Lipinski definition) is 5. The molecule has 212 valence electrons. The van der Waals surface area contributed by atoms with Crippen LogP contribution in [0.4, 0.5) is 0 Å². The monoisotopic (exact) mass is 581 g/mol. The number of rotatable bonds is 16.